The van der Waals surface area contributed by atoms with Crippen molar-refractivity contribution in [2.75, 3.05) is 19.0 Å². The molecule has 1 saturated heterocycles. The molecule has 0 amide bonds. The predicted molar refractivity (Wildman–Crippen MR) is 105 cm³/mol. The van der Waals surface area contributed by atoms with E-state index in [9.17, 15) is 0 Å². The lowest BCUT2D eigenvalue weighted by molar-refractivity contribution is 0.0255. The highest BCUT2D eigenvalue weighted by Crippen LogP contribution is 2.20. The summed E-state index contributed by atoms with van der Waals surface area (Å²) in [5, 5.41) is 0.781. The molecule has 0 unspecified atom stereocenters. The minimum Gasteiger partial charge on any atom is -0.490 e. The van der Waals surface area contributed by atoms with Crippen LogP contribution in [0.4, 0.5) is 0 Å². The Hall–Kier alpha value is -0.670. The minimum absolute atomic E-state index is 0.332. The van der Waals surface area contributed by atoms with E-state index in [1.54, 1.807) is 0 Å². The van der Waals surface area contributed by atoms with Crippen LogP contribution in [0.1, 0.15) is 64.4 Å². The van der Waals surface area contributed by atoms with E-state index in [0.717, 1.165) is 37.1 Å². The zero-order valence-corrected chi connectivity index (χ0v) is 16.3. The molecular weight excluding hydrogens is 316 g/mol. The van der Waals surface area contributed by atoms with E-state index in [2.05, 4.69) is 49.9 Å². The standard InChI is InChI=1S/C21H34O2S/c1-18(2)24-17-7-5-3-4-6-8-19-9-11-20(12-10-19)23-21-13-15-22-16-14-21/h9-12,18,21H,3-8,13-17H2,1-2H3. The second-order valence-corrected chi connectivity index (χ2v) is 8.70. The molecule has 1 fully saturated rings. The van der Waals surface area contributed by atoms with Gasteiger partial charge in [0.1, 0.15) is 11.9 Å². The van der Waals surface area contributed by atoms with Crippen LogP contribution >= 0.6 is 11.8 Å². The van der Waals surface area contributed by atoms with Crippen molar-refractivity contribution < 1.29 is 9.47 Å². The number of thioether (sulfide) groups is 1. The summed E-state index contributed by atoms with van der Waals surface area (Å²) in [5.41, 5.74) is 1.43. The lowest BCUT2D eigenvalue weighted by atomic mass is 10.1. The summed E-state index contributed by atoms with van der Waals surface area (Å²) < 4.78 is 11.4. The first-order chi connectivity index (χ1) is 11.7. The molecule has 0 aromatic heterocycles. The zero-order chi connectivity index (χ0) is 17.0. The van der Waals surface area contributed by atoms with Gasteiger partial charge in [-0.1, -0.05) is 45.2 Å². The van der Waals surface area contributed by atoms with Crippen molar-refractivity contribution >= 4 is 11.8 Å². The van der Waals surface area contributed by atoms with Gasteiger partial charge in [0, 0.05) is 12.8 Å². The van der Waals surface area contributed by atoms with E-state index >= 15 is 0 Å². The Bertz CT molecular complexity index is 424. The molecule has 2 rings (SSSR count). The summed E-state index contributed by atoms with van der Waals surface area (Å²) >= 11 is 2.09. The highest BCUT2D eigenvalue weighted by Gasteiger charge is 2.14. The summed E-state index contributed by atoms with van der Waals surface area (Å²) in [4.78, 5) is 0. The van der Waals surface area contributed by atoms with Gasteiger partial charge in [-0.3, -0.25) is 0 Å². The van der Waals surface area contributed by atoms with Crippen LogP contribution in [-0.2, 0) is 11.2 Å². The van der Waals surface area contributed by atoms with E-state index in [-0.39, 0.29) is 0 Å². The molecule has 0 atom stereocenters. The summed E-state index contributed by atoms with van der Waals surface area (Å²) in [6.07, 6.45) is 10.3. The SMILES string of the molecule is CC(C)SCCCCCCCc1ccc(OC2CCOCC2)cc1. The number of hydrogen-bond donors (Lipinski definition) is 0. The molecule has 2 nitrogen and oxygen atoms in total. The summed E-state index contributed by atoms with van der Waals surface area (Å²) in [5.74, 6) is 2.33. The van der Waals surface area contributed by atoms with Gasteiger partial charge in [0.05, 0.1) is 13.2 Å². The molecule has 0 radical (unpaired) electrons. The second-order valence-electron chi connectivity index (χ2n) is 7.01. The molecule has 3 heteroatoms. The topological polar surface area (TPSA) is 18.5 Å². The van der Waals surface area contributed by atoms with Gasteiger partial charge in [0.25, 0.3) is 0 Å². The summed E-state index contributed by atoms with van der Waals surface area (Å²) in [6.45, 7) is 6.23. The van der Waals surface area contributed by atoms with Gasteiger partial charge in [-0.25, -0.2) is 0 Å². The van der Waals surface area contributed by atoms with Gasteiger partial charge < -0.3 is 9.47 Å². The fourth-order valence-electron chi connectivity index (χ4n) is 3.00. The van der Waals surface area contributed by atoms with Crippen molar-refractivity contribution in [2.45, 2.75) is 76.6 Å². The number of ether oxygens (including phenoxy) is 2. The van der Waals surface area contributed by atoms with Crippen LogP contribution in [0.25, 0.3) is 0 Å². The normalized spacial score (nSPS) is 15.8. The lowest BCUT2D eigenvalue weighted by Crippen LogP contribution is -2.25. The third-order valence-corrected chi connectivity index (χ3v) is 5.65. The minimum atomic E-state index is 0.332. The molecule has 0 N–H and O–H groups in total. The number of unbranched alkanes of at least 4 members (excludes halogenated alkanes) is 4. The first kappa shape index (κ1) is 19.7. The number of hydrogen-bond acceptors (Lipinski definition) is 3. The molecule has 1 aliphatic heterocycles. The van der Waals surface area contributed by atoms with Gasteiger partial charge in [-0.05, 0) is 48.0 Å². The Morgan fingerprint density at radius 2 is 1.67 bits per heavy atom. The fraction of sp³-hybridized carbons (Fsp3) is 0.714. The van der Waals surface area contributed by atoms with Crippen molar-refractivity contribution in [3.63, 3.8) is 0 Å². The van der Waals surface area contributed by atoms with Crippen molar-refractivity contribution in [3.8, 4) is 5.75 Å². The van der Waals surface area contributed by atoms with E-state index in [0.29, 0.717) is 6.10 Å². The van der Waals surface area contributed by atoms with Gasteiger partial charge in [-0.15, -0.1) is 0 Å². The number of benzene rings is 1. The molecule has 136 valence electrons. The van der Waals surface area contributed by atoms with Gasteiger partial charge in [0.2, 0.25) is 0 Å². The van der Waals surface area contributed by atoms with Crippen LogP contribution in [0.5, 0.6) is 5.75 Å². The molecule has 0 aliphatic carbocycles. The molecule has 0 spiro atoms. The van der Waals surface area contributed by atoms with Crippen LogP contribution in [0.3, 0.4) is 0 Å². The van der Waals surface area contributed by atoms with Crippen LogP contribution < -0.4 is 4.74 Å². The maximum Gasteiger partial charge on any atom is 0.119 e. The maximum atomic E-state index is 6.03. The Kier molecular flexibility index (Phi) is 9.67. The molecule has 1 heterocycles. The molecule has 1 aromatic rings. The van der Waals surface area contributed by atoms with Crippen molar-refractivity contribution in [3.05, 3.63) is 29.8 Å². The maximum absolute atomic E-state index is 6.03. The van der Waals surface area contributed by atoms with Crippen molar-refractivity contribution in [2.24, 2.45) is 0 Å². The van der Waals surface area contributed by atoms with E-state index in [1.807, 2.05) is 0 Å². The molecule has 1 aliphatic rings. The summed E-state index contributed by atoms with van der Waals surface area (Å²) in [6, 6.07) is 8.73. The number of aryl methyl sites for hydroxylation is 1. The fourth-order valence-corrected chi connectivity index (χ4v) is 3.84. The first-order valence-corrected chi connectivity index (χ1v) is 10.7. The predicted octanol–water partition coefficient (Wildman–Crippen LogP) is 5.88. The van der Waals surface area contributed by atoms with Crippen molar-refractivity contribution in [1.82, 2.24) is 0 Å². The average Bonchev–Trinajstić information content (AvgIpc) is 2.59. The van der Waals surface area contributed by atoms with Gasteiger partial charge in [-0.2, -0.15) is 11.8 Å². The van der Waals surface area contributed by atoms with Crippen molar-refractivity contribution in [1.29, 1.82) is 0 Å². The lowest BCUT2D eigenvalue weighted by Gasteiger charge is -2.23. The Balaban J connectivity index is 1.53. The smallest absolute Gasteiger partial charge is 0.119 e. The second kappa shape index (κ2) is 11.8. The summed E-state index contributed by atoms with van der Waals surface area (Å²) in [7, 11) is 0. The van der Waals surface area contributed by atoms with Crippen LogP contribution in [0, 0.1) is 0 Å². The molecule has 1 aromatic carbocycles. The third kappa shape index (κ3) is 8.43. The third-order valence-electron chi connectivity index (χ3n) is 4.46. The van der Waals surface area contributed by atoms with Crippen LogP contribution in [0.2, 0.25) is 0 Å². The molecule has 24 heavy (non-hydrogen) atoms. The Labute approximate surface area is 152 Å². The highest BCUT2D eigenvalue weighted by molar-refractivity contribution is 7.99. The van der Waals surface area contributed by atoms with Gasteiger partial charge in [0.15, 0.2) is 0 Å². The molecule has 0 bridgehead atoms. The number of rotatable bonds is 11. The Morgan fingerprint density at radius 3 is 2.38 bits per heavy atom. The average molecular weight is 351 g/mol. The molecule has 0 saturated carbocycles. The first-order valence-electron chi connectivity index (χ1n) is 9.69. The van der Waals surface area contributed by atoms with Crippen LogP contribution in [-0.4, -0.2) is 30.3 Å². The highest BCUT2D eigenvalue weighted by atomic mass is 32.2. The van der Waals surface area contributed by atoms with E-state index in [1.165, 1.54) is 49.8 Å². The monoisotopic (exact) mass is 350 g/mol. The zero-order valence-electron chi connectivity index (χ0n) is 15.5. The van der Waals surface area contributed by atoms with Crippen LogP contribution in [0.15, 0.2) is 24.3 Å². The Morgan fingerprint density at radius 1 is 1.00 bits per heavy atom. The van der Waals surface area contributed by atoms with Gasteiger partial charge >= 0.3 is 0 Å². The molecular formula is C21H34O2S. The quantitative estimate of drug-likeness (QED) is 0.464. The van der Waals surface area contributed by atoms with E-state index < -0.39 is 0 Å². The largest absolute Gasteiger partial charge is 0.490 e. The van der Waals surface area contributed by atoms with E-state index in [4.69, 9.17) is 9.47 Å².